The van der Waals surface area contributed by atoms with E-state index in [2.05, 4.69) is 64.0 Å². The summed E-state index contributed by atoms with van der Waals surface area (Å²) in [6.07, 6.45) is 2.25. The number of anilines is 1. The number of benzene rings is 1. The molecule has 1 aromatic heterocycles. The van der Waals surface area contributed by atoms with Gasteiger partial charge in [-0.05, 0) is 54.0 Å². The molecule has 1 aliphatic rings. The average molecular weight is 401 g/mol. The minimum atomic E-state index is 0.467. The Hall–Kier alpha value is -2.21. The van der Waals surface area contributed by atoms with Crippen LogP contribution in [0, 0.1) is 5.92 Å². The largest absolute Gasteiger partial charge is 0.493 e. The number of hydrogen-bond donors (Lipinski definition) is 2. The summed E-state index contributed by atoms with van der Waals surface area (Å²) in [5.74, 6) is 2.33. The Morgan fingerprint density at radius 1 is 1.21 bits per heavy atom. The van der Waals surface area contributed by atoms with E-state index < -0.39 is 0 Å². The SMILES string of the molecule is CN=C(NCc1ccc(OCC(C)C)cc1)NC1CCN(c2cccs2)CC1. The van der Waals surface area contributed by atoms with Gasteiger partial charge in [-0.3, -0.25) is 4.99 Å². The highest BCUT2D eigenvalue weighted by molar-refractivity contribution is 7.14. The molecule has 0 aliphatic carbocycles. The third-order valence-electron chi connectivity index (χ3n) is 4.84. The van der Waals surface area contributed by atoms with Gasteiger partial charge in [0.15, 0.2) is 5.96 Å². The van der Waals surface area contributed by atoms with Gasteiger partial charge in [0.1, 0.15) is 5.75 Å². The first-order valence-corrected chi connectivity index (χ1v) is 11.0. The van der Waals surface area contributed by atoms with Crippen molar-refractivity contribution >= 4 is 22.3 Å². The van der Waals surface area contributed by atoms with Crippen molar-refractivity contribution in [2.45, 2.75) is 39.3 Å². The second-order valence-corrected chi connectivity index (χ2v) is 8.56. The minimum absolute atomic E-state index is 0.467. The molecule has 6 heteroatoms. The molecule has 0 radical (unpaired) electrons. The number of aliphatic imine (C=N–C) groups is 1. The molecule has 0 bridgehead atoms. The van der Waals surface area contributed by atoms with E-state index >= 15 is 0 Å². The van der Waals surface area contributed by atoms with Gasteiger partial charge in [-0.15, -0.1) is 11.3 Å². The van der Waals surface area contributed by atoms with E-state index in [1.165, 1.54) is 10.6 Å². The maximum atomic E-state index is 5.75. The number of nitrogens with one attached hydrogen (secondary N) is 2. The van der Waals surface area contributed by atoms with Gasteiger partial charge >= 0.3 is 0 Å². The zero-order valence-electron chi connectivity index (χ0n) is 17.1. The summed E-state index contributed by atoms with van der Waals surface area (Å²) in [6.45, 7) is 7.99. The monoisotopic (exact) mass is 400 g/mol. The molecule has 2 aromatic rings. The normalized spacial score (nSPS) is 15.7. The Morgan fingerprint density at radius 3 is 2.57 bits per heavy atom. The molecule has 152 valence electrons. The van der Waals surface area contributed by atoms with E-state index in [1.807, 2.05) is 30.5 Å². The summed E-state index contributed by atoms with van der Waals surface area (Å²) in [7, 11) is 1.83. The van der Waals surface area contributed by atoms with Crippen LogP contribution in [-0.2, 0) is 6.54 Å². The summed E-state index contributed by atoms with van der Waals surface area (Å²) in [5, 5.41) is 10.5. The van der Waals surface area contributed by atoms with Gasteiger partial charge in [0, 0.05) is 32.7 Å². The van der Waals surface area contributed by atoms with Crippen molar-refractivity contribution in [3.8, 4) is 5.75 Å². The van der Waals surface area contributed by atoms with E-state index in [4.69, 9.17) is 4.74 Å². The molecular weight excluding hydrogens is 368 g/mol. The number of thiophene rings is 1. The fraction of sp³-hybridized carbons (Fsp3) is 0.500. The van der Waals surface area contributed by atoms with Gasteiger partial charge in [0.25, 0.3) is 0 Å². The third-order valence-corrected chi connectivity index (χ3v) is 5.77. The first kappa shape index (κ1) is 20.5. The molecule has 1 saturated heterocycles. The van der Waals surface area contributed by atoms with E-state index in [-0.39, 0.29) is 0 Å². The topological polar surface area (TPSA) is 48.9 Å². The van der Waals surface area contributed by atoms with Crippen molar-refractivity contribution in [1.82, 2.24) is 10.6 Å². The van der Waals surface area contributed by atoms with Gasteiger partial charge in [-0.1, -0.05) is 26.0 Å². The van der Waals surface area contributed by atoms with Crippen LogP contribution in [-0.4, -0.2) is 38.7 Å². The standard InChI is InChI=1S/C22H32N4OS/c1-17(2)16-27-20-8-6-18(7-9-20)15-24-22(23-3)25-19-10-12-26(13-11-19)21-5-4-14-28-21/h4-9,14,17,19H,10-13,15-16H2,1-3H3,(H2,23,24,25). The highest BCUT2D eigenvalue weighted by Gasteiger charge is 2.20. The second-order valence-electron chi connectivity index (χ2n) is 7.63. The van der Waals surface area contributed by atoms with Crippen molar-refractivity contribution in [3.63, 3.8) is 0 Å². The molecule has 0 atom stereocenters. The molecule has 0 saturated carbocycles. The van der Waals surface area contributed by atoms with Crippen LogP contribution in [0.25, 0.3) is 0 Å². The van der Waals surface area contributed by atoms with E-state index in [0.717, 1.165) is 50.8 Å². The van der Waals surface area contributed by atoms with Crippen LogP contribution in [0.3, 0.4) is 0 Å². The maximum Gasteiger partial charge on any atom is 0.191 e. The summed E-state index contributed by atoms with van der Waals surface area (Å²) in [4.78, 5) is 6.86. The predicted molar refractivity (Wildman–Crippen MR) is 120 cm³/mol. The quantitative estimate of drug-likeness (QED) is 0.542. The zero-order chi connectivity index (χ0) is 19.8. The van der Waals surface area contributed by atoms with Crippen LogP contribution in [0.1, 0.15) is 32.3 Å². The lowest BCUT2D eigenvalue weighted by Gasteiger charge is -2.33. The van der Waals surface area contributed by atoms with Gasteiger partial charge in [-0.25, -0.2) is 0 Å². The molecule has 0 unspecified atom stereocenters. The van der Waals surface area contributed by atoms with Gasteiger partial charge < -0.3 is 20.3 Å². The first-order chi connectivity index (χ1) is 13.6. The highest BCUT2D eigenvalue weighted by atomic mass is 32.1. The van der Waals surface area contributed by atoms with E-state index in [1.54, 1.807) is 0 Å². The summed E-state index contributed by atoms with van der Waals surface area (Å²) in [5.41, 5.74) is 1.22. The van der Waals surface area contributed by atoms with E-state index in [0.29, 0.717) is 12.0 Å². The minimum Gasteiger partial charge on any atom is -0.493 e. The predicted octanol–water partition coefficient (Wildman–Crippen LogP) is 4.12. The molecule has 1 fully saturated rings. The lowest BCUT2D eigenvalue weighted by Crippen LogP contribution is -2.48. The molecule has 28 heavy (non-hydrogen) atoms. The first-order valence-electron chi connectivity index (χ1n) is 10.1. The molecule has 0 spiro atoms. The molecular formula is C22H32N4OS. The van der Waals surface area contributed by atoms with Crippen LogP contribution < -0.4 is 20.3 Å². The number of nitrogens with zero attached hydrogens (tertiary/aromatic N) is 2. The van der Waals surface area contributed by atoms with Crippen LogP contribution in [0.5, 0.6) is 5.75 Å². The van der Waals surface area contributed by atoms with E-state index in [9.17, 15) is 0 Å². The average Bonchev–Trinajstić information content (AvgIpc) is 3.25. The van der Waals surface area contributed by atoms with Crippen molar-refractivity contribution < 1.29 is 4.74 Å². The highest BCUT2D eigenvalue weighted by Crippen LogP contribution is 2.24. The third kappa shape index (κ3) is 6.16. The van der Waals surface area contributed by atoms with Crippen molar-refractivity contribution in [1.29, 1.82) is 0 Å². The second kappa shape index (κ2) is 10.4. The number of piperidine rings is 1. The number of rotatable bonds is 7. The Morgan fingerprint density at radius 2 is 1.96 bits per heavy atom. The summed E-state index contributed by atoms with van der Waals surface area (Å²) < 4.78 is 5.75. The fourth-order valence-electron chi connectivity index (χ4n) is 3.23. The molecule has 0 amide bonds. The van der Waals surface area contributed by atoms with Crippen LogP contribution in [0.15, 0.2) is 46.8 Å². The number of hydrogen-bond acceptors (Lipinski definition) is 4. The zero-order valence-corrected chi connectivity index (χ0v) is 18.0. The molecule has 2 heterocycles. The Balaban J connectivity index is 1.41. The smallest absolute Gasteiger partial charge is 0.191 e. The van der Waals surface area contributed by atoms with Crippen LogP contribution in [0.4, 0.5) is 5.00 Å². The maximum absolute atomic E-state index is 5.75. The van der Waals surface area contributed by atoms with Gasteiger partial charge in [0.2, 0.25) is 0 Å². The molecule has 3 rings (SSSR count). The van der Waals surface area contributed by atoms with Crippen molar-refractivity contribution in [2.24, 2.45) is 10.9 Å². The number of ether oxygens (including phenoxy) is 1. The molecule has 1 aliphatic heterocycles. The lowest BCUT2D eigenvalue weighted by atomic mass is 10.1. The van der Waals surface area contributed by atoms with Crippen LogP contribution >= 0.6 is 11.3 Å². The Kier molecular flexibility index (Phi) is 7.60. The molecule has 5 nitrogen and oxygen atoms in total. The van der Waals surface area contributed by atoms with Crippen molar-refractivity contribution in [2.75, 3.05) is 31.6 Å². The van der Waals surface area contributed by atoms with Gasteiger partial charge in [0.05, 0.1) is 11.6 Å². The summed E-state index contributed by atoms with van der Waals surface area (Å²) in [6, 6.07) is 13.1. The fourth-order valence-corrected chi connectivity index (χ4v) is 4.02. The Labute approximate surface area is 172 Å². The lowest BCUT2D eigenvalue weighted by molar-refractivity contribution is 0.271. The summed E-state index contributed by atoms with van der Waals surface area (Å²) >= 11 is 1.82. The number of guanidine groups is 1. The van der Waals surface area contributed by atoms with Crippen molar-refractivity contribution in [3.05, 3.63) is 47.3 Å². The van der Waals surface area contributed by atoms with Crippen LogP contribution in [0.2, 0.25) is 0 Å². The Bertz CT molecular complexity index is 720. The van der Waals surface area contributed by atoms with Gasteiger partial charge in [-0.2, -0.15) is 0 Å². The molecule has 2 N–H and O–H groups in total. The molecule has 1 aromatic carbocycles.